The molecular formula is C14H21FN4OS. The van der Waals surface area contributed by atoms with Crippen molar-refractivity contribution in [2.24, 2.45) is 0 Å². The molecule has 1 aromatic carbocycles. The molecule has 1 heterocycles. The Kier molecular flexibility index (Phi) is 6.64. The van der Waals surface area contributed by atoms with Gasteiger partial charge in [0.25, 0.3) is 0 Å². The highest BCUT2D eigenvalue weighted by atomic mass is 32.1. The summed E-state index contributed by atoms with van der Waals surface area (Å²) in [5.74, 6) is 0.103. The molecule has 4 N–H and O–H groups in total. The van der Waals surface area contributed by atoms with E-state index in [1.165, 1.54) is 6.07 Å². The Balaban J connectivity index is 0.00000220. The third-order valence-electron chi connectivity index (χ3n) is 3.15. The fraction of sp³-hybridized carbons (Fsp3) is 0.429. The summed E-state index contributed by atoms with van der Waals surface area (Å²) in [5.41, 5.74) is 6.14. The van der Waals surface area contributed by atoms with Gasteiger partial charge in [0.1, 0.15) is 11.6 Å². The maximum atomic E-state index is 14.0. The summed E-state index contributed by atoms with van der Waals surface area (Å²) in [6.07, 6.45) is 2.40. The average Bonchev–Trinajstić information content (AvgIpc) is 2.38. The van der Waals surface area contributed by atoms with E-state index in [1.54, 1.807) is 12.1 Å². The molecule has 2 rings (SSSR count). The number of nitrogen functional groups attached to an aromatic ring is 1. The number of aliphatic hydroxyl groups is 1. The van der Waals surface area contributed by atoms with Crippen LogP contribution >= 0.6 is 13.5 Å². The molecule has 5 nitrogen and oxygen atoms in total. The lowest BCUT2D eigenvalue weighted by atomic mass is 10.1. The molecule has 0 spiro atoms. The molecule has 0 fully saturated rings. The molecule has 0 aliphatic rings. The predicted molar refractivity (Wildman–Crippen MR) is 88.3 cm³/mol. The van der Waals surface area contributed by atoms with Crippen LogP contribution in [0.3, 0.4) is 0 Å². The molecule has 116 valence electrons. The van der Waals surface area contributed by atoms with E-state index < -0.39 is 0 Å². The molecule has 0 saturated heterocycles. The molecule has 0 amide bonds. The van der Waals surface area contributed by atoms with Gasteiger partial charge in [0.2, 0.25) is 5.95 Å². The van der Waals surface area contributed by atoms with Crippen molar-refractivity contribution in [3.63, 3.8) is 0 Å². The highest BCUT2D eigenvalue weighted by molar-refractivity contribution is 7.59. The Morgan fingerprint density at radius 3 is 2.76 bits per heavy atom. The van der Waals surface area contributed by atoms with E-state index in [-0.39, 0.29) is 37.9 Å². The van der Waals surface area contributed by atoms with Gasteiger partial charge in [0.05, 0.1) is 10.9 Å². The Morgan fingerprint density at radius 1 is 1.33 bits per heavy atom. The fourth-order valence-electron chi connectivity index (χ4n) is 2.25. The molecule has 0 unspecified atom stereocenters. The van der Waals surface area contributed by atoms with Crippen molar-refractivity contribution >= 4 is 36.2 Å². The van der Waals surface area contributed by atoms with Crippen LogP contribution in [0, 0.1) is 5.82 Å². The molecule has 0 saturated carbocycles. The van der Waals surface area contributed by atoms with Gasteiger partial charge in [0.15, 0.2) is 0 Å². The van der Waals surface area contributed by atoms with E-state index in [0.29, 0.717) is 23.1 Å². The van der Waals surface area contributed by atoms with Crippen LogP contribution < -0.4 is 11.1 Å². The summed E-state index contributed by atoms with van der Waals surface area (Å²) in [4.78, 5) is 8.13. The molecule has 21 heavy (non-hydrogen) atoms. The lowest BCUT2D eigenvalue weighted by Crippen LogP contribution is -2.22. The van der Waals surface area contributed by atoms with Crippen LogP contribution in [0.15, 0.2) is 18.2 Å². The lowest BCUT2D eigenvalue weighted by molar-refractivity contribution is 0.276. The smallest absolute Gasteiger partial charge is 0.222 e. The monoisotopic (exact) mass is 312 g/mol. The fourth-order valence-corrected chi connectivity index (χ4v) is 2.25. The number of hydrogen-bond acceptors (Lipinski definition) is 5. The predicted octanol–water partition coefficient (Wildman–Crippen LogP) is 2.43. The summed E-state index contributed by atoms with van der Waals surface area (Å²) in [7, 11) is 0. The number of nitrogens with one attached hydrogen (secondary N) is 1. The van der Waals surface area contributed by atoms with Gasteiger partial charge in [-0.25, -0.2) is 9.37 Å². The molecule has 0 aliphatic heterocycles. The van der Waals surface area contributed by atoms with E-state index in [9.17, 15) is 4.39 Å². The zero-order chi connectivity index (χ0) is 14.5. The average molecular weight is 312 g/mol. The Labute approximate surface area is 130 Å². The Hall–Kier alpha value is -1.60. The number of anilines is 2. The first-order valence-corrected chi connectivity index (χ1v) is 6.74. The minimum atomic E-state index is -0.385. The van der Waals surface area contributed by atoms with Crippen molar-refractivity contribution in [1.82, 2.24) is 9.97 Å². The number of nitrogens with zero attached hydrogens (tertiary/aromatic N) is 2. The summed E-state index contributed by atoms with van der Waals surface area (Å²) < 4.78 is 14.0. The number of fused-ring (bicyclic) bond motifs is 1. The number of nitrogens with two attached hydrogens (primary N) is 1. The first-order valence-electron chi connectivity index (χ1n) is 6.74. The second kappa shape index (κ2) is 7.99. The van der Waals surface area contributed by atoms with Gasteiger partial charge in [-0.1, -0.05) is 19.4 Å². The minimum Gasteiger partial charge on any atom is -0.396 e. The third-order valence-corrected chi connectivity index (χ3v) is 3.15. The van der Waals surface area contributed by atoms with Crippen LogP contribution in [-0.4, -0.2) is 27.7 Å². The molecule has 0 bridgehead atoms. The first-order chi connectivity index (χ1) is 9.65. The second-order valence-corrected chi connectivity index (χ2v) is 4.71. The quantitative estimate of drug-likeness (QED) is 0.763. The van der Waals surface area contributed by atoms with Crippen molar-refractivity contribution < 1.29 is 9.50 Å². The van der Waals surface area contributed by atoms with E-state index in [0.717, 1.165) is 12.8 Å². The Bertz CT molecular complexity index is 590. The Morgan fingerprint density at radius 2 is 2.10 bits per heavy atom. The van der Waals surface area contributed by atoms with Gasteiger partial charge in [0, 0.05) is 12.6 Å². The molecule has 1 aromatic heterocycles. The number of halogens is 1. The zero-order valence-electron chi connectivity index (χ0n) is 11.9. The maximum Gasteiger partial charge on any atom is 0.222 e. The van der Waals surface area contributed by atoms with E-state index >= 15 is 0 Å². The summed E-state index contributed by atoms with van der Waals surface area (Å²) >= 11 is 0. The van der Waals surface area contributed by atoms with Gasteiger partial charge < -0.3 is 16.2 Å². The number of aliphatic hydroxyl groups excluding tert-OH is 1. The van der Waals surface area contributed by atoms with Crippen LogP contribution in [-0.2, 0) is 0 Å². The minimum absolute atomic E-state index is 0. The third kappa shape index (κ3) is 4.18. The van der Waals surface area contributed by atoms with Crippen molar-refractivity contribution in [3.8, 4) is 0 Å². The highest BCUT2D eigenvalue weighted by Gasteiger charge is 2.14. The summed E-state index contributed by atoms with van der Waals surface area (Å²) in [5, 5.41) is 12.6. The van der Waals surface area contributed by atoms with E-state index in [2.05, 4.69) is 22.2 Å². The number of hydrogen-bond donors (Lipinski definition) is 3. The second-order valence-electron chi connectivity index (χ2n) is 4.71. The van der Waals surface area contributed by atoms with Gasteiger partial charge >= 0.3 is 0 Å². The molecular weight excluding hydrogens is 291 g/mol. The van der Waals surface area contributed by atoms with Crippen LogP contribution in [0.25, 0.3) is 10.9 Å². The molecule has 7 heteroatoms. The van der Waals surface area contributed by atoms with Crippen molar-refractivity contribution in [1.29, 1.82) is 0 Å². The van der Waals surface area contributed by atoms with Gasteiger partial charge in [-0.05, 0) is 25.0 Å². The normalized spacial score (nSPS) is 12.0. The first kappa shape index (κ1) is 17.5. The van der Waals surface area contributed by atoms with Gasteiger partial charge in [-0.3, -0.25) is 0 Å². The standard InChI is InChI=1S/C14H19FN4O.H2S/c1-2-4-9(7-8-20)17-13-12-10(15)5-3-6-11(12)18-14(16)19-13;/h3,5-6,9,20H,2,4,7-8H2,1H3,(H3,16,17,18,19);1H2/t9-;/m0./s1. The van der Waals surface area contributed by atoms with Crippen LogP contribution in [0.2, 0.25) is 0 Å². The SMILES string of the molecule is CCC[C@@H](CCO)Nc1nc(N)nc2cccc(F)c12.S. The zero-order valence-corrected chi connectivity index (χ0v) is 12.9. The van der Waals surface area contributed by atoms with Crippen LogP contribution in [0.4, 0.5) is 16.2 Å². The van der Waals surface area contributed by atoms with Gasteiger partial charge in [-0.15, -0.1) is 0 Å². The van der Waals surface area contributed by atoms with Crippen LogP contribution in [0.5, 0.6) is 0 Å². The largest absolute Gasteiger partial charge is 0.396 e. The van der Waals surface area contributed by atoms with E-state index in [1.807, 2.05) is 0 Å². The van der Waals surface area contributed by atoms with Crippen molar-refractivity contribution in [3.05, 3.63) is 24.0 Å². The molecule has 0 aliphatic carbocycles. The summed E-state index contributed by atoms with van der Waals surface area (Å²) in [6, 6.07) is 4.68. The molecule has 2 aromatic rings. The lowest BCUT2D eigenvalue weighted by Gasteiger charge is -2.19. The topological polar surface area (TPSA) is 84.1 Å². The molecule has 0 radical (unpaired) electrons. The van der Waals surface area contributed by atoms with E-state index in [4.69, 9.17) is 10.8 Å². The number of rotatable bonds is 6. The van der Waals surface area contributed by atoms with Gasteiger partial charge in [-0.2, -0.15) is 18.5 Å². The highest BCUT2D eigenvalue weighted by Crippen LogP contribution is 2.25. The number of aromatic nitrogens is 2. The summed E-state index contributed by atoms with van der Waals surface area (Å²) in [6.45, 7) is 2.12. The van der Waals surface area contributed by atoms with Crippen molar-refractivity contribution in [2.45, 2.75) is 32.2 Å². The van der Waals surface area contributed by atoms with Crippen molar-refractivity contribution in [2.75, 3.05) is 17.7 Å². The number of benzene rings is 1. The molecule has 1 atom stereocenters. The van der Waals surface area contributed by atoms with Crippen LogP contribution in [0.1, 0.15) is 26.2 Å². The maximum absolute atomic E-state index is 14.0.